The lowest BCUT2D eigenvalue weighted by molar-refractivity contribution is -0.115. The molecule has 0 fully saturated rings. The smallest absolute Gasteiger partial charge is 0.225 e. The highest BCUT2D eigenvalue weighted by Crippen LogP contribution is 2.10. The van der Waals surface area contributed by atoms with Gasteiger partial charge in [0.1, 0.15) is 0 Å². The zero-order valence-electron chi connectivity index (χ0n) is 12.6. The van der Waals surface area contributed by atoms with Crippen LogP contribution < -0.4 is 11.1 Å². The lowest BCUT2D eigenvalue weighted by Crippen LogP contribution is -2.19. The Kier molecular flexibility index (Phi) is 6.84. The third-order valence-electron chi connectivity index (χ3n) is 3.12. The largest absolute Gasteiger partial charge is 0.326 e. The van der Waals surface area contributed by atoms with E-state index in [1.165, 1.54) is 0 Å². The molecule has 0 atom stereocenters. The number of hydrogen-bond donors (Lipinski definition) is 2. The fourth-order valence-corrected chi connectivity index (χ4v) is 3.24. The highest BCUT2D eigenvalue weighted by atomic mass is 32.2. The molecule has 0 heterocycles. The summed E-state index contributed by atoms with van der Waals surface area (Å²) in [6, 6.07) is 7.17. The van der Waals surface area contributed by atoms with E-state index in [2.05, 4.69) is 5.32 Å². The van der Waals surface area contributed by atoms with Crippen LogP contribution in [0.4, 0.5) is 5.69 Å². The van der Waals surface area contributed by atoms with E-state index in [0.717, 1.165) is 5.56 Å². The maximum absolute atomic E-state index is 11.8. The molecule has 0 aromatic heterocycles. The number of nitrogens with two attached hydrogens (primary N) is 1. The summed E-state index contributed by atoms with van der Waals surface area (Å²) in [5.41, 5.74) is 7.12. The van der Waals surface area contributed by atoms with Crippen LogP contribution >= 0.6 is 0 Å². The zero-order valence-corrected chi connectivity index (χ0v) is 13.4. The number of carbonyl (C=O) groups excluding carboxylic acids is 1. The van der Waals surface area contributed by atoms with Crippen molar-refractivity contribution in [3.05, 3.63) is 29.8 Å². The van der Waals surface area contributed by atoms with Crippen molar-refractivity contribution in [3.63, 3.8) is 0 Å². The van der Waals surface area contributed by atoms with Gasteiger partial charge in [-0.2, -0.15) is 0 Å². The maximum atomic E-state index is 11.8. The fraction of sp³-hybridized carbons (Fsp3) is 0.533. The fourth-order valence-electron chi connectivity index (χ4n) is 1.71. The van der Waals surface area contributed by atoms with Crippen LogP contribution in [0, 0.1) is 5.92 Å². The minimum atomic E-state index is -3.15. The van der Waals surface area contributed by atoms with Crippen LogP contribution in [0.15, 0.2) is 24.3 Å². The SMILES string of the molecule is CC(C)CCS(=O)(=O)CCC(=O)Nc1ccc(CN)cc1. The molecule has 0 aliphatic carbocycles. The number of anilines is 1. The number of sulfone groups is 1. The summed E-state index contributed by atoms with van der Waals surface area (Å²) in [6.07, 6.45) is 0.615. The van der Waals surface area contributed by atoms with Gasteiger partial charge in [0, 0.05) is 18.7 Å². The molecular weight excluding hydrogens is 288 g/mol. The van der Waals surface area contributed by atoms with Gasteiger partial charge in [0.25, 0.3) is 0 Å². The van der Waals surface area contributed by atoms with Crippen LogP contribution in [0.1, 0.15) is 32.3 Å². The van der Waals surface area contributed by atoms with Gasteiger partial charge in [0.15, 0.2) is 9.84 Å². The molecule has 0 aliphatic heterocycles. The number of nitrogens with one attached hydrogen (secondary N) is 1. The van der Waals surface area contributed by atoms with Crippen molar-refractivity contribution in [2.24, 2.45) is 11.7 Å². The van der Waals surface area contributed by atoms with Crippen molar-refractivity contribution >= 4 is 21.4 Å². The molecule has 0 saturated carbocycles. The van der Waals surface area contributed by atoms with Crippen molar-refractivity contribution in [1.82, 2.24) is 0 Å². The molecule has 21 heavy (non-hydrogen) atoms. The second-order valence-corrected chi connectivity index (χ2v) is 7.84. The summed E-state index contributed by atoms with van der Waals surface area (Å²) in [6.45, 7) is 4.41. The number of benzene rings is 1. The number of rotatable bonds is 8. The highest BCUT2D eigenvalue weighted by Gasteiger charge is 2.14. The molecule has 3 N–H and O–H groups in total. The number of hydrogen-bond acceptors (Lipinski definition) is 4. The van der Waals surface area contributed by atoms with E-state index in [1.807, 2.05) is 26.0 Å². The van der Waals surface area contributed by atoms with Crippen molar-refractivity contribution < 1.29 is 13.2 Å². The van der Waals surface area contributed by atoms with Gasteiger partial charge >= 0.3 is 0 Å². The predicted molar refractivity (Wildman–Crippen MR) is 85.7 cm³/mol. The van der Waals surface area contributed by atoms with Crippen LogP contribution in [0.2, 0.25) is 0 Å². The second kappa shape index (κ2) is 8.14. The van der Waals surface area contributed by atoms with Gasteiger partial charge in [-0.3, -0.25) is 4.79 Å². The molecule has 0 radical (unpaired) electrons. The molecule has 0 unspecified atom stereocenters. The Morgan fingerprint density at radius 1 is 1.19 bits per heavy atom. The second-order valence-electron chi connectivity index (χ2n) is 5.53. The Labute approximate surface area is 126 Å². The minimum absolute atomic E-state index is 0.0148. The van der Waals surface area contributed by atoms with E-state index < -0.39 is 9.84 Å². The topological polar surface area (TPSA) is 89.3 Å². The van der Waals surface area contributed by atoms with E-state index >= 15 is 0 Å². The molecule has 1 aromatic carbocycles. The van der Waals surface area contributed by atoms with Crippen LogP contribution in [0.25, 0.3) is 0 Å². The van der Waals surface area contributed by atoms with E-state index in [0.29, 0.717) is 24.6 Å². The monoisotopic (exact) mass is 312 g/mol. The summed E-state index contributed by atoms with van der Waals surface area (Å²) in [5.74, 6) is 0.0912. The Balaban J connectivity index is 2.42. The van der Waals surface area contributed by atoms with Crippen LogP contribution in [-0.4, -0.2) is 25.8 Å². The molecule has 1 aromatic rings. The first-order chi connectivity index (χ1) is 9.82. The van der Waals surface area contributed by atoms with Crippen molar-refractivity contribution in [3.8, 4) is 0 Å². The lowest BCUT2D eigenvalue weighted by atomic mass is 10.2. The summed E-state index contributed by atoms with van der Waals surface area (Å²) >= 11 is 0. The molecule has 6 heteroatoms. The van der Waals surface area contributed by atoms with Gasteiger partial charge in [0.05, 0.1) is 11.5 Å². The first-order valence-corrected chi connectivity index (χ1v) is 8.94. The molecule has 1 rings (SSSR count). The Bertz CT molecular complexity index is 551. The number of amides is 1. The third kappa shape index (κ3) is 7.24. The summed E-state index contributed by atoms with van der Waals surface area (Å²) in [5, 5.41) is 2.69. The van der Waals surface area contributed by atoms with Crippen LogP contribution in [-0.2, 0) is 21.2 Å². The Morgan fingerprint density at radius 3 is 2.33 bits per heavy atom. The average Bonchev–Trinajstić information content (AvgIpc) is 2.44. The normalized spacial score (nSPS) is 11.6. The van der Waals surface area contributed by atoms with Gasteiger partial charge in [0.2, 0.25) is 5.91 Å². The van der Waals surface area contributed by atoms with Crippen molar-refractivity contribution in [2.45, 2.75) is 33.2 Å². The number of carbonyl (C=O) groups is 1. The van der Waals surface area contributed by atoms with Crippen molar-refractivity contribution in [2.75, 3.05) is 16.8 Å². The maximum Gasteiger partial charge on any atom is 0.225 e. The first-order valence-electron chi connectivity index (χ1n) is 7.11. The molecule has 0 aliphatic rings. The Hall–Kier alpha value is -1.40. The van der Waals surface area contributed by atoms with E-state index in [9.17, 15) is 13.2 Å². The zero-order chi connectivity index (χ0) is 15.9. The lowest BCUT2D eigenvalue weighted by Gasteiger charge is -2.08. The average molecular weight is 312 g/mol. The predicted octanol–water partition coefficient (Wildman–Crippen LogP) is 1.93. The molecular formula is C15H24N2O3S. The molecule has 1 amide bonds. The van der Waals surface area contributed by atoms with Crippen molar-refractivity contribution in [1.29, 1.82) is 0 Å². The van der Waals surface area contributed by atoms with E-state index in [4.69, 9.17) is 5.73 Å². The standard InChI is InChI=1S/C15H24N2O3S/c1-12(2)7-9-21(19,20)10-8-15(18)17-14-5-3-13(11-16)4-6-14/h3-6,12H,7-11,16H2,1-2H3,(H,17,18). The molecule has 0 saturated heterocycles. The van der Waals surface area contributed by atoms with Crippen LogP contribution in [0.3, 0.4) is 0 Å². The van der Waals surface area contributed by atoms with E-state index in [-0.39, 0.29) is 23.8 Å². The first kappa shape index (κ1) is 17.7. The Morgan fingerprint density at radius 2 is 1.81 bits per heavy atom. The summed E-state index contributed by atoms with van der Waals surface area (Å²) < 4.78 is 23.6. The van der Waals surface area contributed by atoms with Gasteiger partial charge in [-0.05, 0) is 30.0 Å². The van der Waals surface area contributed by atoms with Gasteiger partial charge < -0.3 is 11.1 Å². The van der Waals surface area contributed by atoms with Gasteiger partial charge in [-0.1, -0.05) is 26.0 Å². The highest BCUT2D eigenvalue weighted by molar-refractivity contribution is 7.91. The summed E-state index contributed by atoms with van der Waals surface area (Å²) in [7, 11) is -3.15. The molecule has 0 spiro atoms. The van der Waals surface area contributed by atoms with Gasteiger partial charge in [-0.25, -0.2) is 8.42 Å². The minimum Gasteiger partial charge on any atom is -0.326 e. The summed E-state index contributed by atoms with van der Waals surface area (Å²) in [4.78, 5) is 11.8. The van der Waals surface area contributed by atoms with E-state index in [1.54, 1.807) is 12.1 Å². The third-order valence-corrected chi connectivity index (χ3v) is 4.80. The van der Waals surface area contributed by atoms with Gasteiger partial charge in [-0.15, -0.1) is 0 Å². The molecule has 118 valence electrons. The quantitative estimate of drug-likeness (QED) is 0.767. The molecule has 5 nitrogen and oxygen atoms in total. The van der Waals surface area contributed by atoms with Crippen LogP contribution in [0.5, 0.6) is 0 Å². The molecule has 0 bridgehead atoms.